The smallest absolute Gasteiger partial charge is 0.249 e. The van der Waals surface area contributed by atoms with Gasteiger partial charge in [-0.05, 0) is 68.1 Å². The normalized spacial score (nSPS) is 14.7. The summed E-state index contributed by atoms with van der Waals surface area (Å²) in [6.07, 6.45) is 6.73. The van der Waals surface area contributed by atoms with Crippen molar-refractivity contribution in [2.24, 2.45) is 5.73 Å². The van der Waals surface area contributed by atoms with Gasteiger partial charge in [0.15, 0.2) is 0 Å². The summed E-state index contributed by atoms with van der Waals surface area (Å²) in [5, 5.41) is 13.9. The number of hydrogen-bond donors (Lipinski definition) is 1. The second kappa shape index (κ2) is 10.2. The maximum Gasteiger partial charge on any atom is 0.249 e. The number of carbonyl (C=O) groups is 2. The number of primary amides is 1. The zero-order valence-corrected chi connectivity index (χ0v) is 21.6. The molecule has 39 heavy (non-hydrogen) atoms. The van der Waals surface area contributed by atoms with E-state index in [0.717, 1.165) is 29.3 Å². The molecule has 1 aliphatic heterocycles. The van der Waals surface area contributed by atoms with Crippen LogP contribution < -0.4 is 15.4 Å². The third kappa shape index (κ3) is 4.56. The van der Waals surface area contributed by atoms with Crippen LogP contribution in [0.4, 0.5) is 10.2 Å². The van der Waals surface area contributed by atoms with E-state index < -0.39 is 17.1 Å². The van der Waals surface area contributed by atoms with Crippen LogP contribution in [0, 0.1) is 24.1 Å². The van der Waals surface area contributed by atoms with Crippen molar-refractivity contribution in [2.45, 2.75) is 32.1 Å². The van der Waals surface area contributed by atoms with Crippen molar-refractivity contribution in [3.63, 3.8) is 0 Å². The van der Waals surface area contributed by atoms with Gasteiger partial charge in [0.2, 0.25) is 5.91 Å². The van der Waals surface area contributed by atoms with E-state index >= 15 is 0 Å². The number of nitriles is 1. The van der Waals surface area contributed by atoms with Crippen LogP contribution in [0.15, 0.2) is 48.9 Å². The van der Waals surface area contributed by atoms with Crippen molar-refractivity contribution in [3.8, 4) is 22.9 Å². The first kappa shape index (κ1) is 25.9. The Hall–Kier alpha value is -4.78. The van der Waals surface area contributed by atoms with Crippen LogP contribution in [-0.2, 0) is 10.2 Å². The molecule has 5 rings (SSSR count). The number of hydrogen-bond acceptors (Lipinski definition) is 7. The summed E-state index contributed by atoms with van der Waals surface area (Å²) in [6, 6.07) is 10.3. The fourth-order valence-corrected chi connectivity index (χ4v) is 5.41. The molecule has 9 nitrogen and oxygen atoms in total. The van der Waals surface area contributed by atoms with E-state index in [1.165, 1.54) is 12.3 Å². The van der Waals surface area contributed by atoms with E-state index in [4.69, 9.17) is 10.5 Å². The lowest BCUT2D eigenvalue weighted by Gasteiger charge is -2.40. The summed E-state index contributed by atoms with van der Waals surface area (Å²) in [7, 11) is 0. The van der Waals surface area contributed by atoms with Gasteiger partial charge < -0.3 is 20.2 Å². The highest BCUT2D eigenvalue weighted by Gasteiger charge is 2.38. The molecule has 0 aliphatic carbocycles. The Morgan fingerprint density at radius 1 is 1.26 bits per heavy atom. The molecule has 0 unspecified atom stereocenters. The van der Waals surface area contributed by atoms with Crippen LogP contribution >= 0.6 is 0 Å². The van der Waals surface area contributed by atoms with E-state index in [9.17, 15) is 19.2 Å². The van der Waals surface area contributed by atoms with Crippen molar-refractivity contribution in [3.05, 3.63) is 77.0 Å². The number of fused-ring (bicyclic) bond motifs is 1. The first-order valence-corrected chi connectivity index (χ1v) is 12.6. The van der Waals surface area contributed by atoms with Gasteiger partial charge in [0.05, 0.1) is 35.5 Å². The minimum absolute atomic E-state index is 0.0890. The largest absolute Gasteiger partial charge is 0.492 e. The van der Waals surface area contributed by atoms with Crippen molar-refractivity contribution >= 4 is 23.5 Å². The minimum atomic E-state index is -0.923. The van der Waals surface area contributed by atoms with Gasteiger partial charge in [-0.2, -0.15) is 10.4 Å². The van der Waals surface area contributed by atoms with Crippen LogP contribution in [0.3, 0.4) is 0 Å². The number of aldehydes is 1. The lowest BCUT2D eigenvalue weighted by atomic mass is 9.71. The number of pyridine rings is 2. The number of carbonyl (C=O) groups excluding carboxylic acids is 2. The zero-order chi connectivity index (χ0) is 27.7. The number of aromatic nitrogens is 3. The molecule has 4 aromatic rings. The molecule has 2 N–H and O–H groups in total. The van der Waals surface area contributed by atoms with Crippen molar-refractivity contribution in [1.29, 1.82) is 5.26 Å². The Bertz CT molecular complexity index is 1620. The average Bonchev–Trinajstić information content (AvgIpc) is 3.37. The predicted octanol–water partition coefficient (Wildman–Crippen LogP) is 3.95. The monoisotopic (exact) mass is 526 g/mol. The Morgan fingerprint density at radius 2 is 2.03 bits per heavy atom. The highest BCUT2D eigenvalue weighted by molar-refractivity contribution is 5.95. The van der Waals surface area contributed by atoms with Crippen molar-refractivity contribution in [2.75, 3.05) is 24.6 Å². The second-order valence-electron chi connectivity index (χ2n) is 9.64. The molecule has 0 saturated carbocycles. The van der Waals surface area contributed by atoms with Gasteiger partial charge in [-0.1, -0.05) is 0 Å². The van der Waals surface area contributed by atoms with Gasteiger partial charge in [0.1, 0.15) is 29.7 Å². The molecule has 3 aromatic heterocycles. The quantitative estimate of drug-likeness (QED) is 0.361. The third-order valence-corrected chi connectivity index (χ3v) is 7.46. The third-order valence-electron chi connectivity index (χ3n) is 7.46. The standard InChI is InChI=1S/C29H27FN6O3/c1-3-39-22-12-24(27-20(13-31)15-34-36(27)16-22)19-4-5-26(33-14-19)35-8-6-29(17-37,7-9-35)25-11-21(30)10-23(18(25)2)28(32)38/h4-5,10-12,14-17H,3,6-9H2,1-2H3,(H2,32,38). The number of amides is 1. The number of nitrogens with zero attached hydrogens (tertiary/aromatic N) is 5. The van der Waals surface area contributed by atoms with E-state index in [1.54, 1.807) is 23.8 Å². The molecule has 0 spiro atoms. The second-order valence-corrected chi connectivity index (χ2v) is 9.64. The molecule has 1 fully saturated rings. The Labute approximate surface area is 224 Å². The fraction of sp³-hybridized carbons (Fsp3) is 0.276. The first-order chi connectivity index (χ1) is 18.8. The molecule has 10 heteroatoms. The summed E-state index contributed by atoms with van der Waals surface area (Å²) in [6.45, 7) is 5.11. The van der Waals surface area contributed by atoms with E-state index in [1.807, 2.05) is 25.1 Å². The number of anilines is 1. The van der Waals surface area contributed by atoms with Crippen LogP contribution in [0.2, 0.25) is 0 Å². The molecule has 1 aromatic carbocycles. The van der Waals surface area contributed by atoms with Crippen LogP contribution in [0.1, 0.15) is 46.8 Å². The van der Waals surface area contributed by atoms with Crippen LogP contribution in [-0.4, -0.2) is 46.5 Å². The molecule has 1 saturated heterocycles. The molecule has 0 radical (unpaired) electrons. The summed E-state index contributed by atoms with van der Waals surface area (Å²) in [5.41, 5.74) is 8.34. The summed E-state index contributed by atoms with van der Waals surface area (Å²) >= 11 is 0. The van der Waals surface area contributed by atoms with Gasteiger partial charge in [0, 0.05) is 36.0 Å². The summed E-state index contributed by atoms with van der Waals surface area (Å²) in [4.78, 5) is 31.0. The van der Waals surface area contributed by atoms with Crippen molar-refractivity contribution in [1.82, 2.24) is 14.6 Å². The lowest BCUT2D eigenvalue weighted by Crippen LogP contribution is -2.44. The SMILES string of the molecule is CCOc1cc(-c2ccc(N3CCC(C=O)(c4cc(F)cc(C(N)=O)c4C)CC3)nc2)c2c(C#N)cnn2c1. The van der Waals surface area contributed by atoms with Crippen LogP contribution in [0.5, 0.6) is 5.75 Å². The molecular weight excluding hydrogens is 499 g/mol. The van der Waals surface area contributed by atoms with Gasteiger partial charge in [-0.15, -0.1) is 0 Å². The summed E-state index contributed by atoms with van der Waals surface area (Å²) in [5.74, 6) is 0.0477. The van der Waals surface area contributed by atoms with E-state index in [0.29, 0.717) is 60.5 Å². The molecule has 0 atom stereocenters. The van der Waals surface area contributed by atoms with Crippen LogP contribution in [0.25, 0.3) is 16.6 Å². The maximum absolute atomic E-state index is 14.4. The van der Waals surface area contributed by atoms with Crippen molar-refractivity contribution < 1.29 is 18.7 Å². The first-order valence-electron chi connectivity index (χ1n) is 12.6. The fourth-order valence-electron chi connectivity index (χ4n) is 5.41. The van der Waals surface area contributed by atoms with Gasteiger partial charge in [-0.25, -0.2) is 13.9 Å². The van der Waals surface area contributed by atoms with Gasteiger partial charge in [0.25, 0.3) is 0 Å². The van der Waals surface area contributed by atoms with Gasteiger partial charge in [-0.3, -0.25) is 4.79 Å². The Morgan fingerprint density at radius 3 is 2.64 bits per heavy atom. The maximum atomic E-state index is 14.4. The lowest BCUT2D eigenvalue weighted by molar-refractivity contribution is -0.113. The summed E-state index contributed by atoms with van der Waals surface area (Å²) < 4.78 is 21.7. The number of piperidine rings is 1. The molecule has 4 heterocycles. The van der Waals surface area contributed by atoms with Gasteiger partial charge >= 0.3 is 0 Å². The topological polar surface area (TPSA) is 127 Å². The molecule has 198 valence electrons. The predicted molar refractivity (Wildman–Crippen MR) is 143 cm³/mol. The molecule has 0 bridgehead atoms. The number of benzene rings is 1. The van der Waals surface area contributed by atoms with E-state index in [-0.39, 0.29) is 5.56 Å². The Balaban J connectivity index is 1.42. The van der Waals surface area contributed by atoms with E-state index in [2.05, 4.69) is 21.1 Å². The Kier molecular flexibility index (Phi) is 6.74. The number of rotatable bonds is 7. The highest BCUT2D eigenvalue weighted by atomic mass is 19.1. The minimum Gasteiger partial charge on any atom is -0.492 e. The molecule has 1 amide bonds. The molecular formula is C29H27FN6O3. The number of nitrogens with two attached hydrogens (primary N) is 1. The number of halogens is 1. The zero-order valence-electron chi connectivity index (χ0n) is 21.6. The average molecular weight is 527 g/mol. The highest BCUT2D eigenvalue weighted by Crippen LogP contribution is 2.38. The molecule has 1 aliphatic rings. The number of ether oxygens (including phenoxy) is 1.